The molecule has 0 aromatic carbocycles. The maximum Gasteiger partial charge on any atom is 0.276 e. The largest absolute Gasteiger partial charge is 0.397 e. The molecule has 3 heterocycles. The van der Waals surface area contributed by atoms with Crippen LogP contribution in [0.4, 0.5) is 5.69 Å². The molecule has 3 rings (SSSR count). The van der Waals surface area contributed by atoms with Crippen molar-refractivity contribution in [3.05, 3.63) is 42.9 Å². The van der Waals surface area contributed by atoms with E-state index in [1.807, 2.05) is 12.1 Å². The van der Waals surface area contributed by atoms with Gasteiger partial charge < -0.3 is 10.3 Å². The first-order chi connectivity index (χ1) is 8.83. The fraction of sp³-hybridized carbons (Fsp3) is 0. The van der Waals surface area contributed by atoms with Crippen LogP contribution in [-0.4, -0.2) is 20.1 Å². The van der Waals surface area contributed by atoms with Crippen molar-refractivity contribution >= 4 is 5.69 Å². The van der Waals surface area contributed by atoms with Crippen LogP contribution in [0.15, 0.2) is 47.4 Å². The van der Waals surface area contributed by atoms with Crippen molar-refractivity contribution in [2.45, 2.75) is 0 Å². The van der Waals surface area contributed by atoms with Gasteiger partial charge >= 0.3 is 0 Å². The van der Waals surface area contributed by atoms with Gasteiger partial charge in [-0.1, -0.05) is 5.16 Å². The van der Waals surface area contributed by atoms with Gasteiger partial charge in [-0.25, -0.2) is 4.98 Å². The van der Waals surface area contributed by atoms with Gasteiger partial charge in [0.25, 0.3) is 5.89 Å². The van der Waals surface area contributed by atoms with E-state index in [2.05, 4.69) is 20.1 Å². The zero-order chi connectivity index (χ0) is 12.4. The summed E-state index contributed by atoms with van der Waals surface area (Å²) in [4.78, 5) is 12.3. The average molecular weight is 239 g/mol. The molecule has 6 heteroatoms. The van der Waals surface area contributed by atoms with Crippen LogP contribution >= 0.6 is 0 Å². The third-order valence-electron chi connectivity index (χ3n) is 2.37. The lowest BCUT2D eigenvalue weighted by Crippen LogP contribution is -1.88. The normalized spacial score (nSPS) is 10.4. The third kappa shape index (κ3) is 1.91. The molecule has 0 atom stereocenters. The van der Waals surface area contributed by atoms with E-state index in [-0.39, 0.29) is 0 Å². The molecule has 3 aromatic heterocycles. The number of nitrogens with two attached hydrogens (primary N) is 1. The molecule has 0 aliphatic heterocycles. The highest BCUT2D eigenvalue weighted by Crippen LogP contribution is 2.20. The summed E-state index contributed by atoms with van der Waals surface area (Å²) < 4.78 is 5.16. The van der Waals surface area contributed by atoms with Crippen molar-refractivity contribution in [1.82, 2.24) is 20.1 Å². The fourth-order valence-corrected chi connectivity index (χ4v) is 1.48. The number of nitrogen functional groups attached to an aromatic ring is 1. The van der Waals surface area contributed by atoms with Gasteiger partial charge in [-0.15, -0.1) is 0 Å². The van der Waals surface area contributed by atoms with Crippen molar-refractivity contribution < 1.29 is 4.52 Å². The van der Waals surface area contributed by atoms with E-state index < -0.39 is 0 Å². The predicted molar refractivity (Wildman–Crippen MR) is 65.2 cm³/mol. The molecule has 0 radical (unpaired) electrons. The molecule has 88 valence electrons. The highest BCUT2D eigenvalue weighted by molar-refractivity contribution is 5.57. The molecule has 0 bridgehead atoms. The van der Waals surface area contributed by atoms with Crippen LogP contribution < -0.4 is 5.73 Å². The second kappa shape index (κ2) is 4.25. The number of aromatic nitrogens is 4. The first-order valence-corrected chi connectivity index (χ1v) is 5.29. The van der Waals surface area contributed by atoms with E-state index in [0.29, 0.717) is 23.1 Å². The molecule has 0 aliphatic carbocycles. The molecule has 0 spiro atoms. The molecule has 0 amide bonds. The fourth-order valence-electron chi connectivity index (χ4n) is 1.48. The molecular formula is C12H9N5O. The van der Waals surface area contributed by atoms with E-state index in [4.69, 9.17) is 10.3 Å². The molecule has 18 heavy (non-hydrogen) atoms. The molecule has 0 aliphatic rings. The molecule has 3 aromatic rings. The average Bonchev–Trinajstić information content (AvgIpc) is 2.90. The topological polar surface area (TPSA) is 90.7 Å². The molecule has 0 unspecified atom stereocenters. The van der Waals surface area contributed by atoms with Crippen LogP contribution in [0, 0.1) is 0 Å². The van der Waals surface area contributed by atoms with Crippen LogP contribution in [0.1, 0.15) is 0 Å². The number of hydrogen-bond acceptors (Lipinski definition) is 6. The monoisotopic (exact) mass is 239 g/mol. The van der Waals surface area contributed by atoms with Crippen molar-refractivity contribution in [1.29, 1.82) is 0 Å². The zero-order valence-corrected chi connectivity index (χ0v) is 9.32. The van der Waals surface area contributed by atoms with Gasteiger partial charge in [-0.3, -0.25) is 4.98 Å². The second-order valence-corrected chi connectivity index (χ2v) is 3.64. The lowest BCUT2D eigenvalue weighted by atomic mass is 10.2. The summed E-state index contributed by atoms with van der Waals surface area (Å²) >= 11 is 0. The summed E-state index contributed by atoms with van der Waals surface area (Å²) in [7, 11) is 0. The van der Waals surface area contributed by atoms with Gasteiger partial charge in [-0.05, 0) is 24.3 Å². The Morgan fingerprint density at radius 1 is 1.06 bits per heavy atom. The summed E-state index contributed by atoms with van der Waals surface area (Å²) in [6, 6.07) is 7.09. The van der Waals surface area contributed by atoms with Gasteiger partial charge in [0.2, 0.25) is 5.82 Å². The number of rotatable bonds is 2. The van der Waals surface area contributed by atoms with Crippen molar-refractivity contribution in [2.24, 2.45) is 0 Å². The molecule has 0 saturated heterocycles. The van der Waals surface area contributed by atoms with Crippen molar-refractivity contribution in [3.63, 3.8) is 0 Å². The Hall–Kier alpha value is -2.76. The van der Waals surface area contributed by atoms with Crippen molar-refractivity contribution in [3.8, 4) is 23.0 Å². The predicted octanol–water partition coefficient (Wildman–Crippen LogP) is 1.78. The minimum Gasteiger partial charge on any atom is -0.397 e. The minimum absolute atomic E-state index is 0.363. The van der Waals surface area contributed by atoms with Crippen LogP contribution in [0.5, 0.6) is 0 Å². The Labute approximate surface area is 103 Å². The van der Waals surface area contributed by atoms with Gasteiger partial charge in [-0.2, -0.15) is 4.98 Å². The summed E-state index contributed by atoms with van der Waals surface area (Å²) in [5, 5.41) is 3.90. The first kappa shape index (κ1) is 10.4. The van der Waals surface area contributed by atoms with E-state index in [1.165, 1.54) is 0 Å². The molecule has 2 N–H and O–H groups in total. The highest BCUT2D eigenvalue weighted by atomic mass is 16.5. The van der Waals surface area contributed by atoms with E-state index in [1.54, 1.807) is 30.7 Å². The smallest absolute Gasteiger partial charge is 0.276 e. The Morgan fingerprint density at radius 3 is 2.61 bits per heavy atom. The molecular weight excluding hydrogens is 230 g/mol. The second-order valence-electron chi connectivity index (χ2n) is 3.64. The van der Waals surface area contributed by atoms with E-state index in [0.717, 1.165) is 5.56 Å². The number of pyridine rings is 2. The van der Waals surface area contributed by atoms with Gasteiger partial charge in [0.05, 0.1) is 11.9 Å². The van der Waals surface area contributed by atoms with Crippen LogP contribution in [0.2, 0.25) is 0 Å². The van der Waals surface area contributed by atoms with Crippen LogP contribution in [0.25, 0.3) is 23.0 Å². The number of anilines is 1. The quantitative estimate of drug-likeness (QED) is 0.732. The van der Waals surface area contributed by atoms with Crippen LogP contribution in [0.3, 0.4) is 0 Å². The molecule has 0 saturated carbocycles. The Balaban J connectivity index is 1.97. The van der Waals surface area contributed by atoms with Gasteiger partial charge in [0, 0.05) is 18.0 Å². The number of nitrogens with zero attached hydrogens (tertiary/aromatic N) is 4. The summed E-state index contributed by atoms with van der Waals surface area (Å²) in [5.74, 6) is 0.868. The summed E-state index contributed by atoms with van der Waals surface area (Å²) in [6.07, 6.45) is 4.89. The van der Waals surface area contributed by atoms with Crippen molar-refractivity contribution in [2.75, 3.05) is 5.73 Å². The molecule has 6 nitrogen and oxygen atoms in total. The zero-order valence-electron chi connectivity index (χ0n) is 9.32. The summed E-state index contributed by atoms with van der Waals surface area (Å²) in [5.41, 5.74) is 7.59. The highest BCUT2D eigenvalue weighted by Gasteiger charge is 2.10. The summed E-state index contributed by atoms with van der Waals surface area (Å²) in [6.45, 7) is 0. The maximum absolute atomic E-state index is 5.56. The lowest BCUT2D eigenvalue weighted by molar-refractivity contribution is 0.431. The Morgan fingerprint density at radius 2 is 1.89 bits per heavy atom. The van der Waals surface area contributed by atoms with Crippen LogP contribution in [-0.2, 0) is 0 Å². The lowest BCUT2D eigenvalue weighted by Gasteiger charge is -1.93. The Bertz CT molecular complexity index is 648. The van der Waals surface area contributed by atoms with Gasteiger partial charge in [0.1, 0.15) is 5.69 Å². The third-order valence-corrected chi connectivity index (χ3v) is 2.37. The van der Waals surface area contributed by atoms with E-state index >= 15 is 0 Å². The minimum atomic E-state index is 0.363. The van der Waals surface area contributed by atoms with Gasteiger partial charge in [0.15, 0.2) is 0 Å². The molecule has 0 fully saturated rings. The standard InChI is InChI=1S/C12H9N5O/c13-9-1-2-10(15-7-9)12-16-11(17-18-12)8-3-5-14-6-4-8/h1-7H,13H2. The Kier molecular flexibility index (Phi) is 2.45. The SMILES string of the molecule is Nc1ccc(-c2nc(-c3ccncc3)no2)nc1. The number of hydrogen-bond donors (Lipinski definition) is 1. The maximum atomic E-state index is 5.56. The first-order valence-electron chi connectivity index (χ1n) is 5.29. The van der Waals surface area contributed by atoms with E-state index in [9.17, 15) is 0 Å².